The first-order valence-electron chi connectivity index (χ1n) is 5.15. The van der Waals surface area contributed by atoms with E-state index >= 15 is 0 Å². The van der Waals surface area contributed by atoms with Crippen LogP contribution in [0.4, 0.5) is 0 Å². The zero-order valence-corrected chi connectivity index (χ0v) is 12.6. The van der Waals surface area contributed by atoms with E-state index in [-0.39, 0.29) is 16.4 Å². The van der Waals surface area contributed by atoms with Gasteiger partial charge < -0.3 is 5.73 Å². The molecule has 106 valence electrons. The van der Waals surface area contributed by atoms with E-state index in [0.29, 0.717) is 5.56 Å². The second kappa shape index (κ2) is 5.95. The number of sulfonamides is 1. The molecule has 0 fully saturated rings. The first-order valence-corrected chi connectivity index (χ1v) is 9.10. The molecule has 0 bridgehead atoms. The Bertz CT molecular complexity index is 663. The monoisotopic (exact) mass is 322 g/mol. The van der Waals surface area contributed by atoms with E-state index < -0.39 is 25.6 Å². The summed E-state index contributed by atoms with van der Waals surface area (Å²) < 4.78 is 47.7. The summed E-state index contributed by atoms with van der Waals surface area (Å²) in [4.78, 5) is 0.0715. The zero-order valence-electron chi connectivity index (χ0n) is 10.2. The number of hydrogen-bond donors (Lipinski definition) is 2. The number of thiocarbonyl (C=S) groups is 1. The summed E-state index contributed by atoms with van der Waals surface area (Å²) in [6.07, 6.45) is 1.10. The van der Waals surface area contributed by atoms with Crippen LogP contribution in [0.5, 0.6) is 0 Å². The van der Waals surface area contributed by atoms with Gasteiger partial charge in [-0.2, -0.15) is 0 Å². The first-order chi connectivity index (χ1) is 8.60. The van der Waals surface area contributed by atoms with E-state index in [1.807, 2.05) is 0 Å². The number of benzene rings is 1. The van der Waals surface area contributed by atoms with Crippen LogP contribution in [0.25, 0.3) is 0 Å². The minimum absolute atomic E-state index is 0.0506. The highest BCUT2D eigenvalue weighted by Crippen LogP contribution is 2.10. The van der Waals surface area contributed by atoms with Gasteiger partial charge in [-0.3, -0.25) is 0 Å². The Balaban J connectivity index is 2.73. The molecule has 0 aliphatic heterocycles. The molecule has 0 aromatic heterocycles. The smallest absolute Gasteiger partial charge is 0.218 e. The van der Waals surface area contributed by atoms with Crippen LogP contribution in [-0.2, 0) is 26.4 Å². The Morgan fingerprint density at radius 3 is 2.16 bits per heavy atom. The summed E-state index contributed by atoms with van der Waals surface area (Å²) in [7, 11) is -6.80. The summed E-state index contributed by atoms with van der Waals surface area (Å²) in [6, 6.07) is 5.93. The largest absolute Gasteiger partial charge is 0.392 e. The van der Waals surface area contributed by atoms with Gasteiger partial charge in [-0.15, -0.1) is 0 Å². The van der Waals surface area contributed by atoms with E-state index in [0.717, 1.165) is 6.26 Å². The Labute approximate surface area is 118 Å². The lowest BCUT2D eigenvalue weighted by Gasteiger charge is -2.06. The summed E-state index contributed by atoms with van der Waals surface area (Å²) in [5.74, 6) is -0.413. The van der Waals surface area contributed by atoms with Gasteiger partial charge in [0.1, 0.15) is 5.75 Å². The fraction of sp³-hybridized carbons (Fsp3) is 0.300. The molecule has 0 atom stereocenters. The van der Waals surface area contributed by atoms with Gasteiger partial charge in [0.2, 0.25) is 10.0 Å². The van der Waals surface area contributed by atoms with Gasteiger partial charge in [-0.05, 0) is 17.7 Å². The third-order valence-corrected chi connectivity index (χ3v) is 4.91. The standard InChI is InChI=1S/C10H14N2O4S3/c1-18(13,14)9-4-2-8(3-5-9)6-12-19(15,16)7-10(11)17/h2-5,12H,6-7H2,1H3,(H2,11,17). The SMILES string of the molecule is CS(=O)(=O)c1ccc(CNS(=O)(=O)CC(N)=S)cc1. The lowest BCUT2D eigenvalue weighted by molar-refractivity contribution is 0.585. The summed E-state index contributed by atoms with van der Waals surface area (Å²) in [5.41, 5.74) is 5.80. The van der Waals surface area contributed by atoms with E-state index in [1.165, 1.54) is 12.1 Å². The highest BCUT2D eigenvalue weighted by molar-refractivity contribution is 7.92. The van der Waals surface area contributed by atoms with Gasteiger partial charge >= 0.3 is 0 Å². The van der Waals surface area contributed by atoms with Crippen molar-refractivity contribution in [1.82, 2.24) is 4.72 Å². The normalized spacial score (nSPS) is 12.3. The van der Waals surface area contributed by atoms with Crippen LogP contribution in [0.3, 0.4) is 0 Å². The molecule has 1 aromatic carbocycles. The van der Waals surface area contributed by atoms with Crippen LogP contribution in [0, 0.1) is 0 Å². The van der Waals surface area contributed by atoms with Crippen LogP contribution in [0.1, 0.15) is 5.56 Å². The molecular weight excluding hydrogens is 308 g/mol. The molecule has 0 saturated carbocycles. The predicted octanol–water partition coefficient (Wildman–Crippen LogP) is -0.204. The predicted molar refractivity (Wildman–Crippen MR) is 77.0 cm³/mol. The maximum atomic E-state index is 11.5. The first kappa shape index (κ1) is 16.0. The van der Waals surface area contributed by atoms with Crippen molar-refractivity contribution in [3.8, 4) is 0 Å². The molecule has 19 heavy (non-hydrogen) atoms. The second-order valence-corrected chi connectivity index (χ2v) is 8.31. The summed E-state index contributed by atoms with van der Waals surface area (Å²) in [6.45, 7) is 0.0506. The number of nitrogens with two attached hydrogens (primary N) is 1. The molecule has 6 nitrogen and oxygen atoms in total. The van der Waals surface area contributed by atoms with Crippen LogP contribution in [0.15, 0.2) is 29.2 Å². The van der Waals surface area contributed by atoms with Crippen LogP contribution >= 0.6 is 12.2 Å². The summed E-state index contributed by atoms with van der Waals surface area (Å²) >= 11 is 4.52. The lowest BCUT2D eigenvalue weighted by Crippen LogP contribution is -2.31. The molecule has 0 aliphatic rings. The maximum absolute atomic E-state index is 11.5. The van der Waals surface area contributed by atoms with Crippen molar-refractivity contribution in [2.75, 3.05) is 12.0 Å². The molecule has 0 radical (unpaired) electrons. The Morgan fingerprint density at radius 2 is 1.74 bits per heavy atom. The Hall–Kier alpha value is -1.03. The molecular formula is C10H14N2O4S3. The van der Waals surface area contributed by atoms with E-state index in [2.05, 4.69) is 16.9 Å². The van der Waals surface area contributed by atoms with Gasteiger partial charge in [0.05, 0.1) is 9.88 Å². The fourth-order valence-electron chi connectivity index (χ4n) is 1.29. The minimum Gasteiger partial charge on any atom is -0.392 e. The van der Waals surface area contributed by atoms with Gasteiger partial charge in [0, 0.05) is 12.8 Å². The number of rotatable bonds is 6. The van der Waals surface area contributed by atoms with Crippen LogP contribution in [0.2, 0.25) is 0 Å². The number of nitrogens with one attached hydrogen (secondary N) is 1. The van der Waals surface area contributed by atoms with Crippen molar-refractivity contribution in [2.24, 2.45) is 5.73 Å². The van der Waals surface area contributed by atoms with Gasteiger partial charge in [0.15, 0.2) is 9.84 Å². The van der Waals surface area contributed by atoms with Crippen LogP contribution in [-0.4, -0.2) is 33.8 Å². The van der Waals surface area contributed by atoms with Gasteiger partial charge in [0.25, 0.3) is 0 Å². The lowest BCUT2D eigenvalue weighted by atomic mass is 10.2. The molecule has 9 heteroatoms. The molecule has 3 N–H and O–H groups in total. The highest BCUT2D eigenvalue weighted by Gasteiger charge is 2.12. The average Bonchev–Trinajstić information content (AvgIpc) is 2.24. The van der Waals surface area contributed by atoms with Crippen molar-refractivity contribution < 1.29 is 16.8 Å². The van der Waals surface area contributed by atoms with Crippen molar-refractivity contribution in [3.05, 3.63) is 29.8 Å². The third-order valence-electron chi connectivity index (χ3n) is 2.18. The quantitative estimate of drug-likeness (QED) is 0.702. The number of sulfone groups is 1. The van der Waals surface area contributed by atoms with Gasteiger partial charge in [-0.25, -0.2) is 21.6 Å². The van der Waals surface area contributed by atoms with Crippen molar-refractivity contribution in [2.45, 2.75) is 11.4 Å². The van der Waals surface area contributed by atoms with Gasteiger partial charge in [-0.1, -0.05) is 24.4 Å². The molecule has 0 saturated heterocycles. The second-order valence-electron chi connectivity index (χ2n) is 3.96. The molecule has 0 heterocycles. The average molecular weight is 322 g/mol. The molecule has 0 unspecified atom stereocenters. The van der Waals surface area contributed by atoms with E-state index in [1.54, 1.807) is 12.1 Å². The third kappa shape index (κ3) is 5.64. The molecule has 1 aromatic rings. The minimum atomic E-state index is -3.55. The summed E-state index contributed by atoms with van der Waals surface area (Å²) in [5, 5.41) is 0. The topological polar surface area (TPSA) is 106 Å². The Morgan fingerprint density at radius 1 is 1.21 bits per heavy atom. The maximum Gasteiger partial charge on any atom is 0.218 e. The fourth-order valence-corrected chi connectivity index (χ4v) is 3.25. The van der Waals surface area contributed by atoms with Crippen LogP contribution < -0.4 is 10.5 Å². The van der Waals surface area contributed by atoms with Crippen molar-refractivity contribution >= 4 is 37.1 Å². The Kier molecular flexibility index (Phi) is 5.02. The number of hydrogen-bond acceptors (Lipinski definition) is 5. The highest BCUT2D eigenvalue weighted by atomic mass is 32.2. The van der Waals surface area contributed by atoms with Crippen molar-refractivity contribution in [1.29, 1.82) is 0 Å². The van der Waals surface area contributed by atoms with E-state index in [4.69, 9.17) is 5.73 Å². The molecule has 0 aliphatic carbocycles. The zero-order chi connectivity index (χ0) is 14.7. The molecule has 0 spiro atoms. The molecule has 0 amide bonds. The van der Waals surface area contributed by atoms with E-state index in [9.17, 15) is 16.8 Å². The van der Waals surface area contributed by atoms with Crippen molar-refractivity contribution in [3.63, 3.8) is 0 Å². The molecule has 1 rings (SSSR count).